The van der Waals surface area contributed by atoms with E-state index in [0.717, 1.165) is 12.0 Å². The van der Waals surface area contributed by atoms with Gasteiger partial charge >= 0.3 is 0 Å². The number of ether oxygens (including phenoxy) is 2. The van der Waals surface area contributed by atoms with Crippen molar-refractivity contribution in [2.45, 2.75) is 51.4 Å². The number of hydrogen-bond donors (Lipinski definition) is 1. The molecule has 0 saturated heterocycles. The van der Waals surface area contributed by atoms with E-state index in [2.05, 4.69) is 23.7 Å². The molecule has 1 heterocycles. The van der Waals surface area contributed by atoms with Crippen LogP contribution in [-0.2, 0) is 15.1 Å². The summed E-state index contributed by atoms with van der Waals surface area (Å²) in [6.07, 6.45) is 4.04. The summed E-state index contributed by atoms with van der Waals surface area (Å²) in [4.78, 5) is 4.18. The van der Waals surface area contributed by atoms with Gasteiger partial charge in [-0.05, 0) is 50.0 Å². The zero-order chi connectivity index (χ0) is 21.3. The van der Waals surface area contributed by atoms with Crippen molar-refractivity contribution in [2.24, 2.45) is 0 Å². The fourth-order valence-electron chi connectivity index (χ4n) is 3.21. The van der Waals surface area contributed by atoms with Crippen LogP contribution >= 0.6 is 23.2 Å². The molecule has 0 saturated carbocycles. The Labute approximate surface area is 183 Å². The van der Waals surface area contributed by atoms with Crippen LogP contribution in [0.5, 0.6) is 0 Å². The number of nitrogens with zero attached hydrogens (tertiary/aromatic N) is 1. The Morgan fingerprint density at radius 3 is 2.41 bits per heavy atom. The first kappa shape index (κ1) is 23.7. The van der Waals surface area contributed by atoms with Crippen LogP contribution in [0.25, 0.3) is 0 Å². The summed E-state index contributed by atoms with van der Waals surface area (Å²) >= 11 is 12.6. The van der Waals surface area contributed by atoms with E-state index in [0.29, 0.717) is 35.2 Å². The predicted molar refractivity (Wildman–Crippen MR) is 117 cm³/mol. The van der Waals surface area contributed by atoms with Gasteiger partial charge in [0.05, 0.1) is 0 Å². The molecular weight excluding hydrogens is 409 g/mol. The van der Waals surface area contributed by atoms with E-state index in [4.69, 9.17) is 32.7 Å². The second-order valence-electron chi connectivity index (χ2n) is 6.53. The SMILES string of the molecule is CCCC(c1ccc(Cl)cc1Cl)C(O)(C#CC(OCC)OCC)c1cccnc1. The van der Waals surface area contributed by atoms with Crippen molar-refractivity contribution < 1.29 is 14.6 Å². The highest BCUT2D eigenvalue weighted by molar-refractivity contribution is 6.35. The van der Waals surface area contributed by atoms with Crippen molar-refractivity contribution in [1.29, 1.82) is 0 Å². The molecule has 2 rings (SSSR count). The third kappa shape index (κ3) is 6.18. The number of benzene rings is 1. The summed E-state index contributed by atoms with van der Waals surface area (Å²) in [5.74, 6) is 5.60. The molecule has 0 aliphatic carbocycles. The minimum absolute atomic E-state index is 0.391. The van der Waals surface area contributed by atoms with E-state index in [1.807, 2.05) is 26.0 Å². The van der Waals surface area contributed by atoms with Crippen molar-refractivity contribution >= 4 is 23.2 Å². The maximum atomic E-state index is 11.9. The average Bonchev–Trinajstić information content (AvgIpc) is 2.71. The summed E-state index contributed by atoms with van der Waals surface area (Å²) in [6, 6.07) is 8.88. The number of pyridine rings is 1. The number of aromatic nitrogens is 1. The van der Waals surface area contributed by atoms with Gasteiger partial charge < -0.3 is 14.6 Å². The lowest BCUT2D eigenvalue weighted by Crippen LogP contribution is -2.33. The standard InChI is InChI=1S/C23H27Cl2NO3/c1-4-8-20(19-11-10-18(24)15-21(19)25)23(27,17-9-7-14-26-16-17)13-12-22(28-5-2)29-6-3/h7,9-11,14-16,20,22,27H,4-6,8H2,1-3H3. The molecule has 0 fully saturated rings. The van der Waals surface area contributed by atoms with Gasteiger partial charge in [0.25, 0.3) is 0 Å². The highest BCUT2D eigenvalue weighted by Gasteiger charge is 2.39. The molecule has 2 unspecified atom stereocenters. The third-order valence-electron chi connectivity index (χ3n) is 4.54. The van der Waals surface area contributed by atoms with E-state index >= 15 is 0 Å². The van der Waals surface area contributed by atoms with Gasteiger partial charge in [0.1, 0.15) is 0 Å². The van der Waals surface area contributed by atoms with Crippen LogP contribution in [0.1, 0.15) is 50.7 Å². The quantitative estimate of drug-likeness (QED) is 0.413. The molecule has 4 nitrogen and oxygen atoms in total. The Kier molecular flexibility index (Phi) is 9.42. The zero-order valence-corrected chi connectivity index (χ0v) is 18.5. The first-order valence-corrected chi connectivity index (χ1v) is 10.6. The smallest absolute Gasteiger partial charge is 0.222 e. The van der Waals surface area contributed by atoms with Crippen LogP contribution in [0.2, 0.25) is 10.0 Å². The predicted octanol–water partition coefficient (Wildman–Crippen LogP) is 5.56. The molecule has 2 atom stereocenters. The lowest BCUT2D eigenvalue weighted by atomic mass is 9.75. The van der Waals surface area contributed by atoms with Crippen LogP contribution in [0, 0.1) is 11.8 Å². The van der Waals surface area contributed by atoms with Gasteiger partial charge in [0.15, 0.2) is 5.60 Å². The van der Waals surface area contributed by atoms with Gasteiger partial charge in [0.2, 0.25) is 6.29 Å². The van der Waals surface area contributed by atoms with Crippen molar-refractivity contribution in [2.75, 3.05) is 13.2 Å². The fourth-order valence-corrected chi connectivity index (χ4v) is 3.75. The first-order valence-electron chi connectivity index (χ1n) is 9.79. The fraction of sp³-hybridized carbons (Fsp3) is 0.435. The van der Waals surface area contributed by atoms with Gasteiger partial charge in [0, 0.05) is 47.1 Å². The lowest BCUT2D eigenvalue weighted by Gasteiger charge is -2.33. The Bertz CT molecular complexity index is 829. The highest BCUT2D eigenvalue weighted by Crippen LogP contribution is 2.42. The van der Waals surface area contributed by atoms with Gasteiger partial charge in [-0.3, -0.25) is 4.98 Å². The molecule has 2 aromatic rings. The molecule has 29 heavy (non-hydrogen) atoms. The zero-order valence-electron chi connectivity index (χ0n) is 17.0. The maximum absolute atomic E-state index is 11.9. The van der Waals surface area contributed by atoms with E-state index in [1.165, 1.54) is 0 Å². The molecule has 0 bridgehead atoms. The Hall–Kier alpha value is -1.61. The summed E-state index contributed by atoms with van der Waals surface area (Å²) < 4.78 is 11.1. The van der Waals surface area contributed by atoms with Crippen LogP contribution in [0.3, 0.4) is 0 Å². The Balaban J connectivity index is 2.61. The summed E-state index contributed by atoms with van der Waals surface area (Å²) in [7, 11) is 0. The van der Waals surface area contributed by atoms with Crippen molar-refractivity contribution in [3.8, 4) is 11.8 Å². The summed E-state index contributed by atoms with van der Waals surface area (Å²) in [5.41, 5.74) is -0.166. The number of rotatable bonds is 9. The van der Waals surface area contributed by atoms with Gasteiger partial charge in [-0.25, -0.2) is 0 Å². The second kappa shape index (κ2) is 11.5. The van der Waals surface area contributed by atoms with E-state index in [-0.39, 0.29) is 0 Å². The van der Waals surface area contributed by atoms with Crippen molar-refractivity contribution in [1.82, 2.24) is 4.98 Å². The van der Waals surface area contributed by atoms with Crippen LogP contribution in [0.15, 0.2) is 42.7 Å². The van der Waals surface area contributed by atoms with Gasteiger partial charge in [-0.15, -0.1) is 0 Å². The van der Waals surface area contributed by atoms with E-state index in [9.17, 15) is 5.11 Å². The topological polar surface area (TPSA) is 51.6 Å². The number of halogens is 2. The molecule has 1 N–H and O–H groups in total. The monoisotopic (exact) mass is 435 g/mol. The molecule has 0 spiro atoms. The molecule has 156 valence electrons. The van der Waals surface area contributed by atoms with Crippen molar-refractivity contribution in [3.05, 3.63) is 63.9 Å². The minimum Gasteiger partial charge on any atom is -0.373 e. The molecule has 0 amide bonds. The molecule has 1 aromatic heterocycles. The minimum atomic E-state index is -1.53. The molecule has 0 aliphatic heterocycles. The molecule has 0 radical (unpaired) electrons. The summed E-state index contributed by atoms with van der Waals surface area (Å²) in [6.45, 7) is 6.69. The summed E-state index contributed by atoms with van der Waals surface area (Å²) in [5, 5.41) is 12.9. The molecule has 0 aliphatic rings. The third-order valence-corrected chi connectivity index (χ3v) is 5.10. The second-order valence-corrected chi connectivity index (χ2v) is 7.37. The van der Waals surface area contributed by atoms with Crippen LogP contribution < -0.4 is 0 Å². The van der Waals surface area contributed by atoms with Crippen molar-refractivity contribution in [3.63, 3.8) is 0 Å². The van der Waals surface area contributed by atoms with Gasteiger partial charge in [-0.2, -0.15) is 0 Å². The van der Waals surface area contributed by atoms with Crippen LogP contribution in [-0.4, -0.2) is 29.6 Å². The lowest BCUT2D eigenvalue weighted by molar-refractivity contribution is -0.0974. The van der Waals surface area contributed by atoms with E-state index in [1.54, 1.807) is 30.6 Å². The highest BCUT2D eigenvalue weighted by atomic mass is 35.5. The number of aliphatic hydroxyl groups is 1. The normalized spacial score (nSPS) is 14.2. The Morgan fingerprint density at radius 2 is 1.86 bits per heavy atom. The van der Waals surface area contributed by atoms with E-state index < -0.39 is 17.8 Å². The molecular formula is C23H27Cl2NO3. The maximum Gasteiger partial charge on any atom is 0.222 e. The Morgan fingerprint density at radius 1 is 1.14 bits per heavy atom. The largest absolute Gasteiger partial charge is 0.373 e. The average molecular weight is 436 g/mol. The van der Waals surface area contributed by atoms with Gasteiger partial charge in [-0.1, -0.05) is 54.6 Å². The number of hydrogen-bond acceptors (Lipinski definition) is 4. The first-order chi connectivity index (χ1) is 14.0. The molecule has 1 aromatic carbocycles. The molecule has 6 heteroatoms. The van der Waals surface area contributed by atoms with Crippen LogP contribution in [0.4, 0.5) is 0 Å².